The summed E-state index contributed by atoms with van der Waals surface area (Å²) in [6, 6.07) is 0. The zero-order valence-corrected chi connectivity index (χ0v) is 7.46. The van der Waals surface area contributed by atoms with Gasteiger partial charge < -0.3 is 0 Å². The first-order valence-corrected chi connectivity index (χ1v) is 3.71. The number of aliphatic imine (C=N–C) groups is 1. The van der Waals surface area contributed by atoms with Crippen LogP contribution in [0.2, 0.25) is 0 Å². The van der Waals surface area contributed by atoms with Gasteiger partial charge in [-0.15, -0.1) is 0 Å². The molecule has 0 aliphatic rings. The second kappa shape index (κ2) is 5.66. The quantitative estimate of drug-likeness (QED) is 0.432. The zero-order valence-electron chi connectivity index (χ0n) is 7.46. The minimum Gasteiger partial charge on any atom is -0.266 e. The minimum atomic E-state index is 1.00. The lowest BCUT2D eigenvalue weighted by Gasteiger charge is -1.95. The number of allylic oxidation sites excluding steroid dienone is 5. The SMILES string of the molecule is C=CC(/C=C\C)=C(C)\N=C/C. The van der Waals surface area contributed by atoms with Crippen LogP contribution in [-0.4, -0.2) is 6.21 Å². The molecule has 60 valence electrons. The molecule has 0 fully saturated rings. The molecule has 0 heterocycles. The van der Waals surface area contributed by atoms with Crippen molar-refractivity contribution >= 4 is 6.21 Å². The standard InChI is InChI=1S/C10H15N/c1-5-8-10(6-2)9(4)11-7-3/h5-8H,2H2,1,3-4H3/b8-5-,10-9+,11-7-. The molecular formula is C10H15N. The molecule has 0 N–H and O–H groups in total. The van der Waals surface area contributed by atoms with Crippen molar-refractivity contribution in [3.63, 3.8) is 0 Å². The van der Waals surface area contributed by atoms with E-state index in [0.717, 1.165) is 11.3 Å². The minimum absolute atomic E-state index is 1.00. The van der Waals surface area contributed by atoms with Crippen LogP contribution in [0.1, 0.15) is 20.8 Å². The van der Waals surface area contributed by atoms with Gasteiger partial charge >= 0.3 is 0 Å². The summed E-state index contributed by atoms with van der Waals surface area (Å²) in [5, 5.41) is 0. The Hall–Kier alpha value is -1.11. The molecule has 0 unspecified atom stereocenters. The molecule has 0 aromatic heterocycles. The van der Waals surface area contributed by atoms with Crippen molar-refractivity contribution in [3.05, 3.63) is 36.1 Å². The van der Waals surface area contributed by atoms with Gasteiger partial charge in [0.05, 0.1) is 0 Å². The first-order chi connectivity index (χ1) is 5.26. The highest BCUT2D eigenvalue weighted by molar-refractivity contribution is 5.56. The zero-order chi connectivity index (χ0) is 8.69. The molecule has 1 nitrogen and oxygen atoms in total. The summed E-state index contributed by atoms with van der Waals surface area (Å²) >= 11 is 0. The lowest BCUT2D eigenvalue weighted by molar-refractivity contribution is 1.27. The summed E-state index contributed by atoms with van der Waals surface area (Å²) in [6.45, 7) is 9.55. The van der Waals surface area contributed by atoms with Crippen LogP contribution in [0.4, 0.5) is 0 Å². The van der Waals surface area contributed by atoms with Crippen molar-refractivity contribution in [1.82, 2.24) is 0 Å². The maximum Gasteiger partial charge on any atom is 0.0440 e. The molecule has 0 aromatic rings. The van der Waals surface area contributed by atoms with Gasteiger partial charge in [-0.2, -0.15) is 0 Å². The van der Waals surface area contributed by atoms with Crippen LogP contribution < -0.4 is 0 Å². The number of hydrogen-bond donors (Lipinski definition) is 0. The molecule has 1 heteroatoms. The third-order valence-corrected chi connectivity index (χ3v) is 1.31. The Bertz CT molecular complexity index is 207. The van der Waals surface area contributed by atoms with Gasteiger partial charge in [-0.1, -0.05) is 24.8 Å². The first-order valence-electron chi connectivity index (χ1n) is 3.71. The van der Waals surface area contributed by atoms with Crippen LogP contribution in [0.15, 0.2) is 41.1 Å². The molecule has 0 bridgehead atoms. The van der Waals surface area contributed by atoms with Gasteiger partial charge in [0, 0.05) is 11.9 Å². The van der Waals surface area contributed by atoms with Crippen molar-refractivity contribution in [2.75, 3.05) is 0 Å². The highest BCUT2D eigenvalue weighted by Crippen LogP contribution is 2.07. The Morgan fingerprint density at radius 2 is 2.00 bits per heavy atom. The number of rotatable bonds is 3. The largest absolute Gasteiger partial charge is 0.266 e. The van der Waals surface area contributed by atoms with Crippen molar-refractivity contribution in [2.24, 2.45) is 4.99 Å². The Balaban J connectivity index is 4.66. The van der Waals surface area contributed by atoms with Crippen LogP contribution >= 0.6 is 0 Å². The summed E-state index contributed by atoms with van der Waals surface area (Å²) in [4.78, 5) is 4.15. The summed E-state index contributed by atoms with van der Waals surface area (Å²) in [5.41, 5.74) is 2.08. The van der Waals surface area contributed by atoms with Gasteiger partial charge in [0.15, 0.2) is 0 Å². The fraction of sp³-hybridized carbons (Fsp3) is 0.300. The third-order valence-electron chi connectivity index (χ3n) is 1.31. The average Bonchev–Trinajstić information content (AvgIpc) is 2.00. The van der Waals surface area contributed by atoms with Crippen molar-refractivity contribution in [1.29, 1.82) is 0 Å². The second-order valence-electron chi connectivity index (χ2n) is 2.13. The van der Waals surface area contributed by atoms with E-state index in [9.17, 15) is 0 Å². The molecule has 0 saturated carbocycles. The predicted molar refractivity (Wildman–Crippen MR) is 51.9 cm³/mol. The molecule has 0 aliphatic carbocycles. The molecule has 0 amide bonds. The highest BCUT2D eigenvalue weighted by atomic mass is 14.7. The Morgan fingerprint density at radius 1 is 1.36 bits per heavy atom. The Morgan fingerprint density at radius 3 is 2.36 bits per heavy atom. The second-order valence-corrected chi connectivity index (χ2v) is 2.13. The molecule has 0 saturated heterocycles. The van der Waals surface area contributed by atoms with Crippen molar-refractivity contribution in [2.45, 2.75) is 20.8 Å². The summed E-state index contributed by atoms with van der Waals surface area (Å²) < 4.78 is 0. The van der Waals surface area contributed by atoms with Gasteiger partial charge in [0.25, 0.3) is 0 Å². The fourth-order valence-electron chi connectivity index (χ4n) is 0.784. The maximum atomic E-state index is 4.15. The van der Waals surface area contributed by atoms with Crippen LogP contribution in [0.5, 0.6) is 0 Å². The van der Waals surface area contributed by atoms with Crippen LogP contribution in [0, 0.1) is 0 Å². The van der Waals surface area contributed by atoms with Gasteiger partial charge in [-0.3, -0.25) is 4.99 Å². The van der Waals surface area contributed by atoms with Crippen molar-refractivity contribution in [3.8, 4) is 0 Å². The third kappa shape index (κ3) is 3.56. The summed E-state index contributed by atoms with van der Waals surface area (Å²) in [6.07, 6.45) is 7.56. The molecule has 11 heavy (non-hydrogen) atoms. The monoisotopic (exact) mass is 149 g/mol. The maximum absolute atomic E-state index is 4.15. The molecule has 0 radical (unpaired) electrons. The van der Waals surface area contributed by atoms with E-state index in [1.54, 1.807) is 6.21 Å². The first kappa shape index (κ1) is 9.89. The Kier molecular flexibility index (Phi) is 5.09. The van der Waals surface area contributed by atoms with E-state index < -0.39 is 0 Å². The highest BCUT2D eigenvalue weighted by Gasteiger charge is 1.89. The van der Waals surface area contributed by atoms with Gasteiger partial charge in [-0.05, 0) is 26.3 Å². The van der Waals surface area contributed by atoms with Crippen LogP contribution in [0.3, 0.4) is 0 Å². The van der Waals surface area contributed by atoms with E-state index in [1.807, 2.05) is 39.0 Å². The van der Waals surface area contributed by atoms with Gasteiger partial charge in [0.2, 0.25) is 0 Å². The van der Waals surface area contributed by atoms with Crippen molar-refractivity contribution < 1.29 is 0 Å². The van der Waals surface area contributed by atoms with E-state index in [4.69, 9.17) is 0 Å². The predicted octanol–water partition coefficient (Wildman–Crippen LogP) is 3.11. The average molecular weight is 149 g/mol. The van der Waals surface area contributed by atoms with E-state index >= 15 is 0 Å². The van der Waals surface area contributed by atoms with E-state index in [0.29, 0.717) is 0 Å². The number of nitrogens with zero attached hydrogens (tertiary/aromatic N) is 1. The molecular weight excluding hydrogens is 134 g/mol. The topological polar surface area (TPSA) is 12.4 Å². The molecule has 0 rings (SSSR count). The van der Waals surface area contributed by atoms with E-state index in [-0.39, 0.29) is 0 Å². The molecule has 0 spiro atoms. The molecule has 0 atom stereocenters. The van der Waals surface area contributed by atoms with Gasteiger partial charge in [0.1, 0.15) is 0 Å². The number of hydrogen-bond acceptors (Lipinski definition) is 1. The summed E-state index contributed by atoms with van der Waals surface area (Å²) in [5.74, 6) is 0. The summed E-state index contributed by atoms with van der Waals surface area (Å²) in [7, 11) is 0. The molecule has 0 aliphatic heterocycles. The smallest absolute Gasteiger partial charge is 0.0440 e. The normalized spacial score (nSPS) is 14.1. The van der Waals surface area contributed by atoms with E-state index in [2.05, 4.69) is 11.6 Å². The lowest BCUT2D eigenvalue weighted by Crippen LogP contribution is -1.77. The van der Waals surface area contributed by atoms with E-state index in [1.165, 1.54) is 0 Å². The Labute approximate surface area is 68.9 Å². The van der Waals surface area contributed by atoms with Crippen LogP contribution in [0.25, 0.3) is 0 Å². The van der Waals surface area contributed by atoms with Gasteiger partial charge in [-0.25, -0.2) is 0 Å². The van der Waals surface area contributed by atoms with Crippen LogP contribution in [-0.2, 0) is 0 Å². The fourth-order valence-corrected chi connectivity index (χ4v) is 0.784. The lowest BCUT2D eigenvalue weighted by atomic mass is 10.2. The molecule has 0 aromatic carbocycles.